The van der Waals surface area contributed by atoms with Crippen LogP contribution in [0, 0.1) is 11.6 Å². The van der Waals surface area contributed by atoms with Crippen molar-refractivity contribution in [1.82, 2.24) is 9.59 Å². The van der Waals surface area contributed by atoms with Crippen LogP contribution in [-0.2, 0) is 6.42 Å². The van der Waals surface area contributed by atoms with Crippen molar-refractivity contribution in [1.29, 1.82) is 0 Å². The monoisotopic (exact) mass is 269 g/mol. The maximum absolute atomic E-state index is 13.4. The molecule has 2 rings (SSSR count). The number of hydrogen-bond acceptors (Lipinski definition) is 4. The molecule has 7 heteroatoms. The van der Waals surface area contributed by atoms with E-state index in [9.17, 15) is 13.6 Å². The third-order valence-corrected chi connectivity index (χ3v) is 3.04. The lowest BCUT2D eigenvalue weighted by Crippen LogP contribution is -2.13. The lowest BCUT2D eigenvalue weighted by Gasteiger charge is -2.05. The molecule has 0 radical (unpaired) electrons. The maximum atomic E-state index is 13.4. The van der Waals surface area contributed by atoms with Gasteiger partial charge in [-0.15, -0.1) is 5.10 Å². The molecular weight excluding hydrogens is 260 g/mol. The van der Waals surface area contributed by atoms with Crippen molar-refractivity contribution in [3.05, 3.63) is 40.4 Å². The zero-order valence-electron chi connectivity index (χ0n) is 9.41. The van der Waals surface area contributed by atoms with Crippen LogP contribution in [0.2, 0.25) is 0 Å². The van der Waals surface area contributed by atoms with Gasteiger partial charge >= 0.3 is 0 Å². The number of benzene rings is 1. The molecule has 1 N–H and O–H groups in total. The van der Waals surface area contributed by atoms with E-state index >= 15 is 0 Å². The summed E-state index contributed by atoms with van der Waals surface area (Å²) in [6, 6.07) is 2.95. The summed E-state index contributed by atoms with van der Waals surface area (Å²) in [7, 11) is 0. The summed E-state index contributed by atoms with van der Waals surface area (Å²) in [4.78, 5) is 12.2. The van der Waals surface area contributed by atoms with Crippen LogP contribution in [0.5, 0.6) is 0 Å². The summed E-state index contributed by atoms with van der Waals surface area (Å²) in [5.41, 5.74) is 0.483. The first-order chi connectivity index (χ1) is 8.61. The molecule has 0 unspecified atom stereocenters. The quantitative estimate of drug-likeness (QED) is 0.932. The van der Waals surface area contributed by atoms with E-state index in [0.717, 1.165) is 17.6 Å². The molecule has 0 aliphatic rings. The smallest absolute Gasteiger partial charge is 0.269 e. The fourth-order valence-electron chi connectivity index (χ4n) is 1.38. The number of aryl methyl sites for hydroxylation is 1. The zero-order valence-corrected chi connectivity index (χ0v) is 10.2. The molecule has 0 saturated carbocycles. The largest absolute Gasteiger partial charge is 0.319 e. The number of anilines is 1. The molecule has 0 fully saturated rings. The van der Waals surface area contributed by atoms with Crippen molar-refractivity contribution >= 4 is 23.1 Å². The second kappa shape index (κ2) is 5.18. The van der Waals surface area contributed by atoms with Gasteiger partial charge in [0.25, 0.3) is 5.91 Å². The molecule has 1 amide bonds. The fraction of sp³-hybridized carbons (Fsp3) is 0.182. The minimum atomic E-state index is -0.820. The second-order valence-corrected chi connectivity index (χ2v) is 4.23. The molecule has 0 atom stereocenters. The van der Waals surface area contributed by atoms with Gasteiger partial charge in [-0.25, -0.2) is 8.78 Å². The number of halogens is 2. The summed E-state index contributed by atoms with van der Waals surface area (Å²) in [5.74, 6) is -2.01. The minimum absolute atomic E-state index is 0.0724. The normalized spacial score (nSPS) is 10.4. The van der Waals surface area contributed by atoms with Gasteiger partial charge in [-0.3, -0.25) is 4.79 Å². The van der Waals surface area contributed by atoms with Gasteiger partial charge in [-0.05, 0) is 30.1 Å². The van der Waals surface area contributed by atoms with Gasteiger partial charge < -0.3 is 5.32 Å². The second-order valence-electron chi connectivity index (χ2n) is 3.48. The molecule has 0 spiro atoms. The number of carbonyl (C=O) groups is 1. The van der Waals surface area contributed by atoms with Crippen molar-refractivity contribution in [3.8, 4) is 0 Å². The third-order valence-electron chi connectivity index (χ3n) is 2.28. The van der Waals surface area contributed by atoms with Crippen LogP contribution in [-0.4, -0.2) is 15.5 Å². The van der Waals surface area contributed by atoms with Crippen LogP contribution in [0.4, 0.5) is 14.5 Å². The van der Waals surface area contributed by atoms with Crippen LogP contribution in [0.3, 0.4) is 0 Å². The predicted octanol–water partition coefficient (Wildman–Crippen LogP) is 2.63. The van der Waals surface area contributed by atoms with E-state index in [-0.39, 0.29) is 5.69 Å². The summed E-state index contributed by atoms with van der Waals surface area (Å²) < 4.78 is 29.7. The molecule has 1 aromatic carbocycles. The Kier molecular flexibility index (Phi) is 3.61. The molecule has 4 nitrogen and oxygen atoms in total. The van der Waals surface area contributed by atoms with E-state index in [2.05, 4.69) is 14.9 Å². The SMILES string of the molecule is CCc1nnsc1C(=O)Nc1ccc(F)cc1F. The number of rotatable bonds is 3. The number of nitrogens with zero attached hydrogens (tertiary/aromatic N) is 2. The number of amides is 1. The molecule has 0 bridgehead atoms. The van der Waals surface area contributed by atoms with Crippen molar-refractivity contribution < 1.29 is 13.6 Å². The summed E-state index contributed by atoms with van der Waals surface area (Å²) in [5, 5.41) is 6.15. The van der Waals surface area contributed by atoms with Crippen LogP contribution in [0.15, 0.2) is 18.2 Å². The number of carbonyl (C=O) groups excluding carboxylic acids is 1. The Morgan fingerprint density at radius 2 is 2.22 bits per heavy atom. The minimum Gasteiger partial charge on any atom is -0.319 e. The first-order valence-electron chi connectivity index (χ1n) is 5.19. The van der Waals surface area contributed by atoms with Crippen molar-refractivity contribution in [2.45, 2.75) is 13.3 Å². The molecule has 0 aliphatic heterocycles. The first kappa shape index (κ1) is 12.6. The Bertz CT molecular complexity index is 585. The van der Waals surface area contributed by atoms with E-state index in [4.69, 9.17) is 0 Å². The van der Waals surface area contributed by atoms with Crippen molar-refractivity contribution in [2.75, 3.05) is 5.32 Å². The average molecular weight is 269 g/mol. The van der Waals surface area contributed by atoms with E-state index < -0.39 is 17.5 Å². The standard InChI is InChI=1S/C11H9F2N3OS/c1-2-8-10(18-16-15-8)11(17)14-9-4-3-6(12)5-7(9)13/h3-5H,2H2,1H3,(H,14,17). The van der Waals surface area contributed by atoms with E-state index in [0.29, 0.717) is 23.1 Å². The zero-order chi connectivity index (χ0) is 13.1. The van der Waals surface area contributed by atoms with Crippen LogP contribution >= 0.6 is 11.5 Å². The van der Waals surface area contributed by atoms with Crippen molar-refractivity contribution in [2.24, 2.45) is 0 Å². The maximum Gasteiger partial charge on any atom is 0.269 e. The molecule has 94 valence electrons. The summed E-state index contributed by atoms with van der Waals surface area (Å²) in [6.45, 7) is 1.84. The van der Waals surface area contributed by atoms with Crippen LogP contribution < -0.4 is 5.32 Å². The lowest BCUT2D eigenvalue weighted by molar-refractivity contribution is 0.102. The van der Waals surface area contributed by atoms with Crippen LogP contribution in [0.25, 0.3) is 0 Å². The van der Waals surface area contributed by atoms with Crippen molar-refractivity contribution in [3.63, 3.8) is 0 Å². The van der Waals surface area contributed by atoms with Gasteiger partial charge in [0.05, 0.1) is 11.4 Å². The highest BCUT2D eigenvalue weighted by Crippen LogP contribution is 2.18. The van der Waals surface area contributed by atoms with Gasteiger partial charge in [0.2, 0.25) is 0 Å². The van der Waals surface area contributed by atoms with Gasteiger partial charge in [0.1, 0.15) is 16.5 Å². The molecule has 18 heavy (non-hydrogen) atoms. The Balaban J connectivity index is 2.21. The molecule has 1 aromatic heterocycles. The molecule has 0 saturated heterocycles. The summed E-state index contributed by atoms with van der Waals surface area (Å²) in [6.07, 6.45) is 0.561. The van der Waals surface area contributed by atoms with Crippen LogP contribution in [0.1, 0.15) is 22.3 Å². The topological polar surface area (TPSA) is 54.9 Å². The summed E-state index contributed by atoms with van der Waals surface area (Å²) >= 11 is 0.941. The predicted molar refractivity (Wildman–Crippen MR) is 63.6 cm³/mol. The van der Waals surface area contributed by atoms with Gasteiger partial charge in [0, 0.05) is 6.07 Å². The van der Waals surface area contributed by atoms with E-state index in [1.54, 1.807) is 0 Å². The highest BCUT2D eigenvalue weighted by atomic mass is 32.1. The average Bonchev–Trinajstić information content (AvgIpc) is 2.81. The molecule has 2 aromatic rings. The molecular formula is C11H9F2N3OS. The van der Waals surface area contributed by atoms with Gasteiger partial charge in [0.15, 0.2) is 0 Å². The van der Waals surface area contributed by atoms with Gasteiger partial charge in [-0.1, -0.05) is 11.4 Å². The number of nitrogens with one attached hydrogen (secondary N) is 1. The Hall–Kier alpha value is -1.89. The fourth-order valence-corrected chi connectivity index (χ4v) is 2.03. The van der Waals surface area contributed by atoms with Gasteiger partial charge in [-0.2, -0.15) is 0 Å². The number of aromatic nitrogens is 2. The highest BCUT2D eigenvalue weighted by Gasteiger charge is 2.16. The molecule has 0 aliphatic carbocycles. The Morgan fingerprint density at radius 3 is 2.89 bits per heavy atom. The number of hydrogen-bond donors (Lipinski definition) is 1. The van der Waals surface area contributed by atoms with E-state index in [1.807, 2.05) is 6.92 Å². The Labute approximate surface area is 106 Å². The first-order valence-corrected chi connectivity index (χ1v) is 5.96. The molecule has 1 heterocycles. The third kappa shape index (κ3) is 2.51. The van der Waals surface area contributed by atoms with E-state index in [1.165, 1.54) is 6.07 Å². The lowest BCUT2D eigenvalue weighted by atomic mass is 10.2. The highest BCUT2D eigenvalue weighted by molar-refractivity contribution is 7.08. The Morgan fingerprint density at radius 1 is 1.44 bits per heavy atom.